The van der Waals surface area contributed by atoms with E-state index < -0.39 is 22.0 Å². The van der Waals surface area contributed by atoms with Crippen molar-refractivity contribution < 1.29 is 38.2 Å². The third-order valence-corrected chi connectivity index (χ3v) is 22.8. The summed E-state index contributed by atoms with van der Waals surface area (Å²) >= 11 is 12.2. The molecule has 0 fully saturated rings. The number of amides is 1. The summed E-state index contributed by atoms with van der Waals surface area (Å²) in [5.41, 5.74) is 3.16. The molecule has 92 heavy (non-hydrogen) atoms. The summed E-state index contributed by atoms with van der Waals surface area (Å²) in [6, 6.07) is 18.4. The van der Waals surface area contributed by atoms with Gasteiger partial charge >= 0.3 is 12.1 Å². The second-order valence-corrected chi connectivity index (χ2v) is 32.9. The summed E-state index contributed by atoms with van der Waals surface area (Å²) < 4.78 is 16.8. The highest BCUT2D eigenvalue weighted by Crippen LogP contribution is 2.48. The number of fused-ring (bicyclic) bond motifs is 5. The molecule has 516 valence electrons. The maximum absolute atomic E-state index is 14.3. The minimum absolute atomic E-state index is 0.0169. The molecule has 0 spiro atoms. The van der Waals surface area contributed by atoms with E-state index >= 15 is 0 Å². The number of esters is 1. The van der Waals surface area contributed by atoms with Crippen LogP contribution in [-0.2, 0) is 39.8 Å². The molecule has 2 aliphatic rings. The van der Waals surface area contributed by atoms with Gasteiger partial charge < -0.3 is 35.1 Å². The van der Waals surface area contributed by atoms with Gasteiger partial charge in [-0.2, -0.15) is 10.4 Å². The number of likely N-dealkylation sites (N-methyl/N-ethyl adjacent to an activating group) is 1. The summed E-state index contributed by atoms with van der Waals surface area (Å²) in [7, 11) is 1.94. The minimum atomic E-state index is -1.16. The van der Waals surface area contributed by atoms with Crippen molar-refractivity contribution in [1.29, 1.82) is 5.26 Å². The topological polar surface area (TPSA) is 204 Å². The smallest absolute Gasteiger partial charge is 0.409 e. The van der Waals surface area contributed by atoms with Gasteiger partial charge in [-0.05, 0) is 160 Å². The first-order valence-corrected chi connectivity index (χ1v) is 38.8. The molecule has 5 atom stereocenters. The summed E-state index contributed by atoms with van der Waals surface area (Å²) in [4.78, 5) is 69.4. The third-order valence-electron chi connectivity index (χ3n) is 17.1. The van der Waals surface area contributed by atoms with Crippen LogP contribution in [0.15, 0.2) is 58.9 Å². The molecule has 3 N–H and O–H groups in total. The lowest BCUT2D eigenvalue weighted by Gasteiger charge is -2.33. The first kappa shape index (κ1) is 80.8. The number of thioether (sulfide) groups is 4. The molecule has 0 saturated carbocycles. The predicted octanol–water partition coefficient (Wildman–Crippen LogP) is 15.8. The zero-order chi connectivity index (χ0) is 66.9. The number of nitrogens with zero attached hydrogens (tertiary/aromatic N) is 5. The van der Waals surface area contributed by atoms with Gasteiger partial charge in [-0.1, -0.05) is 149 Å². The minimum Gasteiger partial charge on any atom is -0.464 e. The maximum atomic E-state index is 14.3. The van der Waals surface area contributed by atoms with Crippen LogP contribution in [0.2, 0.25) is 0 Å². The molecule has 0 aromatic heterocycles. The first-order chi connectivity index (χ1) is 44.4. The fraction of sp³-hybridized carbons (Fsp3) is 0.732. The van der Waals surface area contributed by atoms with E-state index in [4.69, 9.17) is 26.4 Å². The van der Waals surface area contributed by atoms with E-state index in [1.165, 1.54) is 63.1 Å². The van der Waals surface area contributed by atoms with Gasteiger partial charge in [-0.15, -0.1) is 35.3 Å². The molecule has 16 nitrogen and oxygen atoms in total. The average molecular weight is 1370 g/mol. The average Bonchev–Trinajstić information content (AvgIpc) is 1.49. The first-order valence-electron chi connectivity index (χ1n) is 34.6. The summed E-state index contributed by atoms with van der Waals surface area (Å²) in [5, 5.41) is 31.9. The Morgan fingerprint density at radius 1 is 0.674 bits per heavy atom. The number of ketones is 3. The number of hydrogen-bond acceptors (Lipinski definition) is 20. The van der Waals surface area contributed by atoms with E-state index in [2.05, 4.69) is 72.2 Å². The van der Waals surface area contributed by atoms with Crippen LogP contribution in [0.1, 0.15) is 230 Å². The van der Waals surface area contributed by atoms with E-state index in [0.717, 1.165) is 99.4 Å². The number of carbonyl (C=O) groups is 5. The Bertz CT molecular complexity index is 2580. The van der Waals surface area contributed by atoms with Crippen molar-refractivity contribution in [2.24, 2.45) is 15.8 Å². The molecule has 0 bridgehead atoms. The van der Waals surface area contributed by atoms with Crippen LogP contribution < -0.4 is 16.0 Å². The number of rotatable bonds is 52. The van der Waals surface area contributed by atoms with Crippen molar-refractivity contribution in [3.8, 4) is 6.07 Å². The van der Waals surface area contributed by atoms with Crippen LogP contribution in [0.5, 0.6) is 0 Å². The molecule has 1 aliphatic carbocycles. The number of nitriles is 1. The second-order valence-electron chi connectivity index (χ2n) is 25.4. The Morgan fingerprint density at radius 3 is 1.88 bits per heavy atom. The van der Waals surface area contributed by atoms with E-state index in [1.807, 2.05) is 69.2 Å². The Hall–Kier alpha value is -3.59. The van der Waals surface area contributed by atoms with E-state index in [9.17, 15) is 29.2 Å². The molecule has 2 aromatic carbocycles. The SMILES string of the molecule is CCCCCCCCCCCCSC(=S)SC(C)(CC(C)(C#N)CCC(=O)CCCOCCCC(=O)CCC(=O)C1Cc2ccccc2C2C(N=NN2C)c2ccccc21)C(=O)OCCSC(C)(C)SCCOC(=O)N(CC)CCCNCCCNCCCNCC. The van der Waals surface area contributed by atoms with Crippen LogP contribution >= 0.6 is 59.3 Å². The van der Waals surface area contributed by atoms with E-state index in [1.54, 1.807) is 40.2 Å². The number of ether oxygens (including phenoxy) is 3. The van der Waals surface area contributed by atoms with Crippen LogP contribution in [0.25, 0.3) is 0 Å². The Kier molecular flexibility index (Phi) is 40.9. The molecule has 1 aliphatic heterocycles. The Morgan fingerprint density at radius 2 is 1.25 bits per heavy atom. The number of thiocarbonyl (C=S) groups is 1. The van der Waals surface area contributed by atoms with Crippen molar-refractivity contribution in [3.05, 3.63) is 70.8 Å². The van der Waals surface area contributed by atoms with Gasteiger partial charge in [0.05, 0.1) is 15.6 Å². The maximum Gasteiger partial charge on any atom is 0.409 e. The largest absolute Gasteiger partial charge is 0.464 e. The highest BCUT2D eigenvalue weighted by molar-refractivity contribution is 8.47. The molecule has 1 heterocycles. The van der Waals surface area contributed by atoms with Crippen molar-refractivity contribution in [1.82, 2.24) is 25.9 Å². The third kappa shape index (κ3) is 31.5. The highest BCUT2D eigenvalue weighted by Gasteiger charge is 2.45. The molecule has 0 saturated heterocycles. The standard InChI is InChI=1S/C71H114N8O8S5/c1-9-12-13-14-15-16-17-18-19-24-50-89-68(88)92-71(7,66(83)86-48-51-90-69(4,5)91-52-49-87-67(84)79(11-3)45-29-44-75-43-28-42-74-41-27-40-73-10-2)54-70(6,55-72)39-38-58(81)32-26-47-85-46-25-31-57(80)36-37-63(82)62-53-56-30-20-21-33-59(56)65-64(76-77-78(65)8)61-35-23-22-34-60(61)62/h20-23,30,33-35,62,64-65,73-75H,9-19,24-29,31-32,36-54H2,1-8H3. The van der Waals surface area contributed by atoms with Gasteiger partial charge in [-0.25, -0.2) is 4.79 Å². The van der Waals surface area contributed by atoms with Crippen molar-refractivity contribution in [2.75, 3.05) is 103 Å². The molecular weight excluding hydrogens is 1250 g/mol. The molecule has 0 radical (unpaired) electrons. The van der Waals surface area contributed by atoms with E-state index in [0.29, 0.717) is 73.6 Å². The van der Waals surface area contributed by atoms with Crippen molar-refractivity contribution >= 4 is 92.2 Å². The number of Topliss-reactive ketones (excluding diaryl/α,β-unsaturated/α-hetero) is 3. The van der Waals surface area contributed by atoms with Gasteiger partial charge in [0.25, 0.3) is 0 Å². The van der Waals surface area contributed by atoms with Gasteiger partial charge in [0.15, 0.2) is 0 Å². The normalized spacial score (nSPS) is 16.5. The highest BCUT2D eigenvalue weighted by atomic mass is 32.2. The van der Waals surface area contributed by atoms with Crippen LogP contribution in [0, 0.1) is 16.7 Å². The quantitative estimate of drug-likeness (QED) is 0.0244. The fourth-order valence-electron chi connectivity index (χ4n) is 11.8. The van der Waals surface area contributed by atoms with Crippen molar-refractivity contribution in [2.45, 2.75) is 223 Å². The zero-order valence-electron chi connectivity index (χ0n) is 57.3. The number of unbranched alkanes of at least 4 members (excludes halogenated alkanes) is 9. The lowest BCUT2D eigenvalue weighted by atomic mass is 9.76. The Labute approximate surface area is 576 Å². The van der Waals surface area contributed by atoms with Crippen molar-refractivity contribution in [3.63, 3.8) is 0 Å². The predicted molar refractivity (Wildman–Crippen MR) is 388 cm³/mol. The lowest BCUT2D eigenvalue weighted by molar-refractivity contribution is -0.146. The number of benzene rings is 2. The monoisotopic (exact) mass is 1370 g/mol. The second kappa shape index (κ2) is 46.5. The molecule has 2 aromatic rings. The van der Waals surface area contributed by atoms with E-state index in [-0.39, 0.29) is 84.7 Å². The van der Waals surface area contributed by atoms with Gasteiger partial charge in [-0.3, -0.25) is 24.2 Å². The molecule has 4 rings (SSSR count). The van der Waals surface area contributed by atoms with Crippen LogP contribution in [0.3, 0.4) is 0 Å². The molecule has 5 unspecified atom stereocenters. The number of hydrogen-bond donors (Lipinski definition) is 3. The summed E-state index contributed by atoms with van der Waals surface area (Å²) in [5.74, 6) is 1.30. The van der Waals surface area contributed by atoms with Gasteiger partial charge in [0.2, 0.25) is 0 Å². The van der Waals surface area contributed by atoms with Crippen LogP contribution in [0.4, 0.5) is 4.79 Å². The summed E-state index contributed by atoms with van der Waals surface area (Å²) in [6.07, 6.45) is 18.3. The number of carbonyl (C=O) groups excluding carboxylic acids is 5. The Balaban J connectivity index is 1.17. The number of nitrogens with one attached hydrogen (secondary N) is 3. The molecular formula is C71H114N8O8S5. The zero-order valence-corrected chi connectivity index (χ0v) is 61.3. The fourth-order valence-corrected chi connectivity index (χ4v) is 17.2. The van der Waals surface area contributed by atoms with Gasteiger partial charge in [0, 0.05) is 82.9 Å². The molecule has 21 heteroatoms. The summed E-state index contributed by atoms with van der Waals surface area (Å²) in [6.45, 7) is 22.5. The molecule has 1 amide bonds. The van der Waals surface area contributed by atoms with Crippen LogP contribution in [-0.4, -0.2) is 155 Å². The lowest BCUT2D eigenvalue weighted by Crippen LogP contribution is -2.40. The van der Waals surface area contributed by atoms with Gasteiger partial charge in [0.1, 0.15) is 50.9 Å².